The SMILES string of the molecule is C=C(C)CC1C=CC(C)=CC1. The molecule has 0 bridgehead atoms. The molecule has 0 nitrogen and oxygen atoms in total. The fourth-order valence-electron chi connectivity index (χ4n) is 1.37. The molecule has 60 valence electrons. The topological polar surface area (TPSA) is 0 Å². The summed E-state index contributed by atoms with van der Waals surface area (Å²) in [5.74, 6) is 0.705. The minimum atomic E-state index is 0.705. The second kappa shape index (κ2) is 3.56. The molecule has 0 aromatic rings. The Morgan fingerprint density at radius 3 is 2.91 bits per heavy atom. The smallest absolute Gasteiger partial charge is 0.0158 e. The van der Waals surface area contributed by atoms with Crippen molar-refractivity contribution in [3.63, 3.8) is 0 Å². The Morgan fingerprint density at radius 1 is 1.73 bits per heavy atom. The van der Waals surface area contributed by atoms with Gasteiger partial charge < -0.3 is 0 Å². The van der Waals surface area contributed by atoms with Crippen molar-refractivity contribution in [3.8, 4) is 0 Å². The number of rotatable bonds is 2. The second-order valence-corrected chi connectivity index (χ2v) is 3.46. The van der Waals surface area contributed by atoms with Crippen LogP contribution in [-0.2, 0) is 0 Å². The van der Waals surface area contributed by atoms with E-state index in [2.05, 4.69) is 38.7 Å². The Bertz CT molecular complexity index is 206. The van der Waals surface area contributed by atoms with E-state index >= 15 is 0 Å². The molecule has 0 amide bonds. The third-order valence-electron chi connectivity index (χ3n) is 1.98. The molecular formula is C11H16. The third kappa shape index (κ3) is 2.75. The van der Waals surface area contributed by atoms with Gasteiger partial charge in [-0.25, -0.2) is 0 Å². The lowest BCUT2D eigenvalue weighted by Gasteiger charge is -2.13. The van der Waals surface area contributed by atoms with Crippen LogP contribution in [0.4, 0.5) is 0 Å². The Kier molecular flexibility index (Phi) is 2.70. The predicted octanol–water partition coefficient (Wildman–Crippen LogP) is 3.48. The van der Waals surface area contributed by atoms with Gasteiger partial charge in [-0.3, -0.25) is 0 Å². The van der Waals surface area contributed by atoms with E-state index in [1.165, 1.54) is 17.6 Å². The highest BCUT2D eigenvalue weighted by atomic mass is 14.1. The van der Waals surface area contributed by atoms with Crippen LogP contribution in [0.25, 0.3) is 0 Å². The first-order valence-electron chi connectivity index (χ1n) is 4.18. The van der Waals surface area contributed by atoms with Gasteiger partial charge in [0.05, 0.1) is 0 Å². The molecule has 0 aliphatic heterocycles. The van der Waals surface area contributed by atoms with Crippen molar-refractivity contribution in [1.82, 2.24) is 0 Å². The van der Waals surface area contributed by atoms with Crippen LogP contribution in [0.1, 0.15) is 26.7 Å². The summed E-state index contributed by atoms with van der Waals surface area (Å²) in [6.45, 7) is 8.16. The van der Waals surface area contributed by atoms with Crippen LogP contribution >= 0.6 is 0 Å². The van der Waals surface area contributed by atoms with Gasteiger partial charge in [-0.2, -0.15) is 0 Å². The van der Waals surface area contributed by atoms with Crippen molar-refractivity contribution in [2.24, 2.45) is 5.92 Å². The quantitative estimate of drug-likeness (QED) is 0.526. The number of hydrogen-bond acceptors (Lipinski definition) is 0. The molecule has 0 fully saturated rings. The largest absolute Gasteiger partial charge is 0.100 e. The highest BCUT2D eigenvalue weighted by Gasteiger charge is 2.06. The highest BCUT2D eigenvalue weighted by Crippen LogP contribution is 2.21. The van der Waals surface area contributed by atoms with Gasteiger partial charge in [0.15, 0.2) is 0 Å². The summed E-state index contributed by atoms with van der Waals surface area (Å²) in [6, 6.07) is 0. The highest BCUT2D eigenvalue weighted by molar-refractivity contribution is 5.22. The summed E-state index contributed by atoms with van der Waals surface area (Å²) < 4.78 is 0. The molecule has 1 aliphatic carbocycles. The monoisotopic (exact) mass is 148 g/mol. The molecule has 1 rings (SSSR count). The van der Waals surface area contributed by atoms with Crippen molar-refractivity contribution in [3.05, 3.63) is 36.0 Å². The van der Waals surface area contributed by atoms with Crippen LogP contribution in [0.2, 0.25) is 0 Å². The standard InChI is InChI=1S/C11H16/c1-9(2)8-11-6-4-10(3)5-7-11/h4-6,11H,1,7-8H2,2-3H3. The third-order valence-corrected chi connectivity index (χ3v) is 1.98. The molecular weight excluding hydrogens is 132 g/mol. The van der Waals surface area contributed by atoms with Crippen LogP contribution in [0, 0.1) is 5.92 Å². The zero-order chi connectivity index (χ0) is 8.27. The first-order valence-corrected chi connectivity index (χ1v) is 4.18. The summed E-state index contributed by atoms with van der Waals surface area (Å²) >= 11 is 0. The van der Waals surface area contributed by atoms with Gasteiger partial charge in [0.25, 0.3) is 0 Å². The van der Waals surface area contributed by atoms with Gasteiger partial charge in [0, 0.05) is 0 Å². The normalized spacial score (nSPS) is 23.1. The molecule has 0 saturated heterocycles. The zero-order valence-electron chi connectivity index (χ0n) is 7.43. The Balaban J connectivity index is 2.43. The average molecular weight is 148 g/mol. The number of allylic oxidation sites excluding steroid dienone is 5. The lowest BCUT2D eigenvalue weighted by molar-refractivity contribution is 0.646. The summed E-state index contributed by atoms with van der Waals surface area (Å²) in [6.07, 6.45) is 9.13. The van der Waals surface area contributed by atoms with Crippen LogP contribution in [0.3, 0.4) is 0 Å². The lowest BCUT2D eigenvalue weighted by atomic mass is 9.92. The summed E-state index contributed by atoms with van der Waals surface area (Å²) in [5, 5.41) is 0. The van der Waals surface area contributed by atoms with E-state index in [9.17, 15) is 0 Å². The van der Waals surface area contributed by atoms with Crippen molar-refractivity contribution < 1.29 is 0 Å². The van der Waals surface area contributed by atoms with E-state index in [4.69, 9.17) is 0 Å². The average Bonchev–Trinajstić information content (AvgIpc) is 1.93. The molecule has 1 unspecified atom stereocenters. The van der Waals surface area contributed by atoms with Gasteiger partial charge in [-0.15, -0.1) is 6.58 Å². The minimum Gasteiger partial charge on any atom is -0.100 e. The maximum atomic E-state index is 3.91. The van der Waals surface area contributed by atoms with Gasteiger partial charge in [-0.05, 0) is 32.6 Å². The molecule has 11 heavy (non-hydrogen) atoms. The van der Waals surface area contributed by atoms with Crippen molar-refractivity contribution >= 4 is 0 Å². The second-order valence-electron chi connectivity index (χ2n) is 3.46. The van der Waals surface area contributed by atoms with Crippen LogP contribution in [-0.4, -0.2) is 0 Å². The summed E-state index contributed by atoms with van der Waals surface area (Å²) in [4.78, 5) is 0. The van der Waals surface area contributed by atoms with Crippen LogP contribution in [0.5, 0.6) is 0 Å². The van der Waals surface area contributed by atoms with Gasteiger partial charge in [-0.1, -0.05) is 29.4 Å². The Labute approximate surface area is 69.3 Å². The van der Waals surface area contributed by atoms with E-state index in [1.807, 2.05) is 0 Å². The first-order chi connectivity index (χ1) is 5.18. The number of hydrogen-bond donors (Lipinski definition) is 0. The van der Waals surface area contributed by atoms with Crippen molar-refractivity contribution in [2.45, 2.75) is 26.7 Å². The maximum absolute atomic E-state index is 3.91. The minimum absolute atomic E-state index is 0.705. The molecule has 1 atom stereocenters. The summed E-state index contributed by atoms with van der Waals surface area (Å²) in [7, 11) is 0. The van der Waals surface area contributed by atoms with Crippen molar-refractivity contribution in [2.75, 3.05) is 0 Å². The van der Waals surface area contributed by atoms with Gasteiger partial charge >= 0.3 is 0 Å². The Hall–Kier alpha value is -0.780. The van der Waals surface area contributed by atoms with Crippen LogP contribution < -0.4 is 0 Å². The summed E-state index contributed by atoms with van der Waals surface area (Å²) in [5.41, 5.74) is 2.68. The predicted molar refractivity (Wildman–Crippen MR) is 50.4 cm³/mol. The zero-order valence-corrected chi connectivity index (χ0v) is 7.43. The maximum Gasteiger partial charge on any atom is -0.0158 e. The molecule has 0 saturated carbocycles. The van der Waals surface area contributed by atoms with E-state index in [0.29, 0.717) is 5.92 Å². The molecule has 0 aromatic heterocycles. The van der Waals surface area contributed by atoms with E-state index in [0.717, 1.165) is 6.42 Å². The van der Waals surface area contributed by atoms with Gasteiger partial charge in [0.1, 0.15) is 0 Å². The molecule has 1 aliphatic rings. The van der Waals surface area contributed by atoms with Gasteiger partial charge in [0.2, 0.25) is 0 Å². The molecule has 0 radical (unpaired) electrons. The molecule has 0 spiro atoms. The molecule has 0 N–H and O–H groups in total. The Morgan fingerprint density at radius 2 is 2.45 bits per heavy atom. The fraction of sp³-hybridized carbons (Fsp3) is 0.455. The lowest BCUT2D eigenvalue weighted by Crippen LogP contribution is -1.98. The van der Waals surface area contributed by atoms with Crippen molar-refractivity contribution in [1.29, 1.82) is 0 Å². The molecule has 0 heterocycles. The van der Waals surface area contributed by atoms with E-state index in [1.54, 1.807) is 0 Å². The fourth-order valence-corrected chi connectivity index (χ4v) is 1.37. The molecule has 0 aromatic carbocycles. The first kappa shape index (κ1) is 8.32. The van der Waals surface area contributed by atoms with Crippen LogP contribution in [0.15, 0.2) is 36.0 Å². The van der Waals surface area contributed by atoms with E-state index in [-0.39, 0.29) is 0 Å². The molecule has 0 heteroatoms. The van der Waals surface area contributed by atoms with E-state index < -0.39 is 0 Å².